The van der Waals surface area contributed by atoms with E-state index in [9.17, 15) is 13.2 Å². The molecule has 10 heteroatoms. The quantitative estimate of drug-likeness (QED) is 0.372. The van der Waals surface area contributed by atoms with Crippen molar-refractivity contribution < 1.29 is 13.2 Å². The van der Waals surface area contributed by atoms with Gasteiger partial charge >= 0.3 is 0 Å². The molecule has 7 nitrogen and oxygen atoms in total. The van der Waals surface area contributed by atoms with E-state index in [4.69, 9.17) is 0 Å². The van der Waals surface area contributed by atoms with Gasteiger partial charge in [0.05, 0.1) is 0 Å². The molecule has 0 aliphatic carbocycles. The first kappa shape index (κ1) is 22.4. The molecule has 0 saturated carbocycles. The minimum absolute atomic E-state index is 0.135. The lowest BCUT2D eigenvalue weighted by Gasteiger charge is -2.06. The molecule has 0 atom stereocenters. The third-order valence-electron chi connectivity index (χ3n) is 4.19. The molecule has 3 rings (SSSR count). The Morgan fingerprint density at radius 2 is 1.90 bits per heavy atom. The third kappa shape index (κ3) is 6.11. The molecule has 0 fully saturated rings. The van der Waals surface area contributed by atoms with Gasteiger partial charge in [0.2, 0.25) is 9.47 Å². The van der Waals surface area contributed by atoms with Crippen LogP contribution in [0.4, 0.5) is 5.13 Å². The molecule has 0 spiro atoms. The molecule has 0 saturated heterocycles. The Labute approximate surface area is 184 Å². The first-order chi connectivity index (χ1) is 14.3. The summed E-state index contributed by atoms with van der Waals surface area (Å²) in [6, 6.07) is 15.2. The van der Waals surface area contributed by atoms with Crippen molar-refractivity contribution in [3.8, 4) is 0 Å². The molecule has 0 aliphatic rings. The number of rotatable bonds is 9. The Kier molecular flexibility index (Phi) is 7.59. The second kappa shape index (κ2) is 10.2. The average Bonchev–Trinajstić information content (AvgIpc) is 3.18. The summed E-state index contributed by atoms with van der Waals surface area (Å²) in [6.07, 6.45) is 0. The summed E-state index contributed by atoms with van der Waals surface area (Å²) in [4.78, 5) is 12.3. The molecule has 0 unspecified atom stereocenters. The van der Waals surface area contributed by atoms with E-state index in [-0.39, 0.29) is 21.9 Å². The zero-order valence-corrected chi connectivity index (χ0v) is 19.0. The average molecular weight is 463 g/mol. The van der Waals surface area contributed by atoms with Gasteiger partial charge in [-0.15, -0.1) is 10.2 Å². The smallest absolute Gasteiger partial charge is 0.269 e. The molecule has 30 heavy (non-hydrogen) atoms. The number of carbonyl (C=O) groups is 1. The molecule has 2 aromatic carbocycles. The van der Waals surface area contributed by atoms with E-state index in [1.807, 2.05) is 25.1 Å². The van der Waals surface area contributed by atoms with Crippen LogP contribution in [0.1, 0.15) is 27.0 Å². The minimum atomic E-state index is -3.77. The number of sulfonamides is 1. The zero-order chi connectivity index (χ0) is 21.6. The molecule has 158 valence electrons. The lowest BCUT2D eigenvalue weighted by Crippen LogP contribution is -2.26. The van der Waals surface area contributed by atoms with Crippen LogP contribution in [0.2, 0.25) is 0 Å². The van der Waals surface area contributed by atoms with Gasteiger partial charge in [0.15, 0.2) is 0 Å². The second-order valence-corrected chi connectivity index (χ2v) is 10.6. The van der Waals surface area contributed by atoms with Crippen LogP contribution in [-0.4, -0.2) is 36.8 Å². The van der Waals surface area contributed by atoms with E-state index in [1.54, 1.807) is 30.0 Å². The highest BCUT2D eigenvalue weighted by Crippen LogP contribution is 2.21. The number of aromatic nitrogens is 2. The number of benzene rings is 2. The highest BCUT2D eigenvalue weighted by molar-refractivity contribution is 7.98. The molecule has 0 aliphatic heterocycles. The maximum absolute atomic E-state index is 12.4. The number of aryl methyl sites for hydroxylation is 2. The van der Waals surface area contributed by atoms with Gasteiger partial charge in [0.25, 0.3) is 15.9 Å². The molecule has 2 N–H and O–H groups in total. The summed E-state index contributed by atoms with van der Waals surface area (Å²) in [7, 11) is -3.77. The fourth-order valence-corrected chi connectivity index (χ4v) is 5.62. The van der Waals surface area contributed by atoms with Crippen LogP contribution in [0, 0.1) is 13.8 Å². The van der Waals surface area contributed by atoms with Gasteiger partial charge in [-0.05, 0) is 37.1 Å². The van der Waals surface area contributed by atoms with Crippen molar-refractivity contribution >= 4 is 44.2 Å². The second-order valence-electron chi connectivity index (χ2n) is 6.57. The Morgan fingerprint density at radius 1 is 1.10 bits per heavy atom. The van der Waals surface area contributed by atoms with Gasteiger partial charge in [-0.3, -0.25) is 10.1 Å². The molecule has 1 amide bonds. The maximum atomic E-state index is 12.4. The van der Waals surface area contributed by atoms with Crippen molar-refractivity contribution in [1.29, 1.82) is 0 Å². The van der Waals surface area contributed by atoms with E-state index < -0.39 is 10.0 Å². The number of hydrogen-bond acceptors (Lipinski definition) is 7. The fraction of sp³-hybridized carbons (Fsp3) is 0.250. The van der Waals surface area contributed by atoms with Crippen molar-refractivity contribution in [1.82, 2.24) is 14.9 Å². The summed E-state index contributed by atoms with van der Waals surface area (Å²) < 4.78 is 27.2. The summed E-state index contributed by atoms with van der Waals surface area (Å²) in [5.74, 6) is 1.09. The maximum Gasteiger partial charge on any atom is 0.269 e. The standard InChI is InChI=1S/C20H22N4O3S3/c1-14-6-5-9-16(12-14)18(25)22-19-23-24-20(29-19)30(26,27)21-10-11-28-13-17-8-4-3-7-15(17)2/h3-9,12,21H,10-11,13H2,1-2H3,(H,22,23,25). The Balaban J connectivity index is 1.50. The largest absolute Gasteiger partial charge is 0.296 e. The highest BCUT2D eigenvalue weighted by Gasteiger charge is 2.20. The lowest BCUT2D eigenvalue weighted by molar-refractivity contribution is 0.102. The van der Waals surface area contributed by atoms with Crippen molar-refractivity contribution in [2.75, 3.05) is 17.6 Å². The predicted molar refractivity (Wildman–Crippen MR) is 122 cm³/mol. The van der Waals surface area contributed by atoms with Gasteiger partial charge in [-0.2, -0.15) is 11.8 Å². The topological polar surface area (TPSA) is 101 Å². The fourth-order valence-electron chi connectivity index (χ4n) is 2.59. The summed E-state index contributed by atoms with van der Waals surface area (Å²) in [6.45, 7) is 4.23. The minimum Gasteiger partial charge on any atom is -0.296 e. The van der Waals surface area contributed by atoms with E-state index in [0.29, 0.717) is 11.3 Å². The van der Waals surface area contributed by atoms with E-state index in [1.165, 1.54) is 11.1 Å². The molecular weight excluding hydrogens is 440 g/mol. The normalized spacial score (nSPS) is 11.4. The lowest BCUT2D eigenvalue weighted by atomic mass is 10.1. The number of thioether (sulfide) groups is 1. The monoisotopic (exact) mass is 462 g/mol. The molecule has 1 aromatic heterocycles. The first-order valence-corrected chi connectivity index (χ1v) is 12.6. The molecule has 0 radical (unpaired) electrons. The molecule has 3 aromatic rings. The van der Waals surface area contributed by atoms with Gasteiger partial charge < -0.3 is 0 Å². The van der Waals surface area contributed by atoms with E-state index in [0.717, 1.165) is 22.7 Å². The van der Waals surface area contributed by atoms with Crippen LogP contribution in [0.5, 0.6) is 0 Å². The Hall–Kier alpha value is -2.27. The molecular formula is C20H22N4O3S3. The van der Waals surface area contributed by atoms with E-state index >= 15 is 0 Å². The zero-order valence-electron chi connectivity index (χ0n) is 16.6. The number of amides is 1. The highest BCUT2D eigenvalue weighted by atomic mass is 32.2. The Morgan fingerprint density at radius 3 is 2.67 bits per heavy atom. The summed E-state index contributed by atoms with van der Waals surface area (Å²) in [5, 5.41) is 10.2. The van der Waals surface area contributed by atoms with Crippen molar-refractivity contribution in [3.05, 3.63) is 70.8 Å². The van der Waals surface area contributed by atoms with Crippen molar-refractivity contribution in [2.24, 2.45) is 0 Å². The van der Waals surface area contributed by atoms with Crippen LogP contribution >= 0.6 is 23.1 Å². The van der Waals surface area contributed by atoms with Crippen LogP contribution in [0.15, 0.2) is 52.9 Å². The van der Waals surface area contributed by atoms with Crippen LogP contribution in [0.3, 0.4) is 0 Å². The van der Waals surface area contributed by atoms with Crippen LogP contribution in [-0.2, 0) is 15.8 Å². The number of anilines is 1. The van der Waals surface area contributed by atoms with Crippen molar-refractivity contribution in [2.45, 2.75) is 23.9 Å². The van der Waals surface area contributed by atoms with Crippen LogP contribution in [0.25, 0.3) is 0 Å². The summed E-state index contributed by atoms with van der Waals surface area (Å²) in [5.41, 5.74) is 3.88. The molecule has 0 bridgehead atoms. The Bertz CT molecular complexity index is 1130. The molecule has 1 heterocycles. The van der Waals surface area contributed by atoms with Gasteiger partial charge in [0.1, 0.15) is 0 Å². The first-order valence-electron chi connectivity index (χ1n) is 9.18. The predicted octanol–water partition coefficient (Wildman–Crippen LogP) is 3.62. The van der Waals surface area contributed by atoms with Gasteiger partial charge in [-0.1, -0.05) is 53.3 Å². The van der Waals surface area contributed by atoms with Gasteiger partial charge in [-0.25, -0.2) is 13.1 Å². The number of hydrogen-bond donors (Lipinski definition) is 2. The number of nitrogens with one attached hydrogen (secondary N) is 2. The number of carbonyl (C=O) groups excluding carboxylic acids is 1. The number of nitrogens with zero attached hydrogens (tertiary/aromatic N) is 2. The van der Waals surface area contributed by atoms with Gasteiger partial charge in [0, 0.05) is 23.6 Å². The third-order valence-corrected chi connectivity index (χ3v) is 7.87. The SMILES string of the molecule is Cc1cccc(C(=O)Nc2nnc(S(=O)(=O)NCCSCc3ccccc3C)s2)c1. The van der Waals surface area contributed by atoms with Crippen LogP contribution < -0.4 is 10.0 Å². The van der Waals surface area contributed by atoms with Crippen molar-refractivity contribution in [3.63, 3.8) is 0 Å². The van der Waals surface area contributed by atoms with E-state index in [2.05, 4.69) is 39.3 Å². The summed E-state index contributed by atoms with van der Waals surface area (Å²) >= 11 is 2.47.